The first kappa shape index (κ1) is 16.8. The minimum Gasteiger partial charge on any atom is -0.0730 e. The second-order valence-corrected chi connectivity index (χ2v) is 5.96. The molecule has 0 heterocycles. The van der Waals surface area contributed by atoms with Crippen LogP contribution in [-0.4, -0.2) is 0 Å². The van der Waals surface area contributed by atoms with Gasteiger partial charge in [-0.1, -0.05) is 61.8 Å². The fourth-order valence-corrected chi connectivity index (χ4v) is 2.26. The monoisotopic (exact) mass is 270 g/mol. The van der Waals surface area contributed by atoms with Crippen LogP contribution in [0.2, 0.25) is 0 Å². The van der Waals surface area contributed by atoms with Gasteiger partial charge < -0.3 is 0 Å². The molecule has 20 heavy (non-hydrogen) atoms. The normalized spacial score (nSPS) is 14.1. The summed E-state index contributed by atoms with van der Waals surface area (Å²) in [7, 11) is 0. The molecule has 1 aliphatic carbocycles. The molecule has 1 aromatic rings. The lowest BCUT2D eigenvalue weighted by Crippen LogP contribution is -1.95. The van der Waals surface area contributed by atoms with E-state index in [-0.39, 0.29) is 0 Å². The van der Waals surface area contributed by atoms with E-state index in [2.05, 4.69) is 65.0 Å². The number of hydrogen-bond donors (Lipinski definition) is 0. The average Bonchev–Trinajstić information content (AvgIpc) is 2.43. The zero-order valence-corrected chi connectivity index (χ0v) is 13.9. The van der Waals surface area contributed by atoms with Crippen molar-refractivity contribution in [1.29, 1.82) is 0 Å². The second-order valence-electron chi connectivity index (χ2n) is 5.96. The van der Waals surface area contributed by atoms with E-state index in [1.807, 2.05) is 0 Å². The molecule has 110 valence electrons. The molecule has 0 fully saturated rings. The topological polar surface area (TPSA) is 0 Å². The van der Waals surface area contributed by atoms with Crippen molar-refractivity contribution in [2.75, 3.05) is 0 Å². The highest BCUT2D eigenvalue weighted by atomic mass is 14.1. The van der Waals surface area contributed by atoms with Crippen molar-refractivity contribution in [2.24, 2.45) is 0 Å². The molecule has 0 saturated carbocycles. The number of allylic oxidation sites excluding steroid dienone is 4. The van der Waals surface area contributed by atoms with E-state index in [0.717, 1.165) is 0 Å². The van der Waals surface area contributed by atoms with E-state index in [0.29, 0.717) is 0 Å². The predicted molar refractivity (Wildman–Crippen MR) is 91.3 cm³/mol. The largest absolute Gasteiger partial charge is 0.0730 e. The molecule has 1 aromatic carbocycles. The molecule has 0 saturated heterocycles. The number of aryl methyl sites for hydroxylation is 3. The van der Waals surface area contributed by atoms with Gasteiger partial charge in [-0.2, -0.15) is 0 Å². The Morgan fingerprint density at radius 2 is 1.55 bits per heavy atom. The van der Waals surface area contributed by atoms with Crippen molar-refractivity contribution in [3.63, 3.8) is 0 Å². The van der Waals surface area contributed by atoms with Gasteiger partial charge in [0, 0.05) is 0 Å². The predicted octanol–water partition coefficient (Wildman–Crippen LogP) is 6.32. The summed E-state index contributed by atoms with van der Waals surface area (Å²) < 4.78 is 0. The van der Waals surface area contributed by atoms with Crippen molar-refractivity contribution in [1.82, 2.24) is 0 Å². The standard InChI is InChI=1S/C17H22.C3H8/c1-13-4-7-16(8-5-13)10-11-17-9-6-14(2)15(3)12-17;1-3-2/h4,6-7,9,12H,5,8,10-11H2,1-3H3;3H2,1-2H3. The molecule has 0 unspecified atom stereocenters. The van der Waals surface area contributed by atoms with Gasteiger partial charge in [0.05, 0.1) is 0 Å². The van der Waals surface area contributed by atoms with Crippen LogP contribution in [-0.2, 0) is 6.42 Å². The van der Waals surface area contributed by atoms with Crippen LogP contribution in [0.5, 0.6) is 0 Å². The zero-order valence-electron chi connectivity index (χ0n) is 13.9. The lowest BCUT2D eigenvalue weighted by atomic mass is 9.94. The molecule has 0 atom stereocenters. The van der Waals surface area contributed by atoms with Crippen LogP contribution in [0, 0.1) is 13.8 Å². The van der Waals surface area contributed by atoms with Gasteiger partial charge in [0.25, 0.3) is 0 Å². The number of hydrogen-bond acceptors (Lipinski definition) is 0. The van der Waals surface area contributed by atoms with Crippen LogP contribution in [0.25, 0.3) is 0 Å². The van der Waals surface area contributed by atoms with Gasteiger partial charge in [-0.25, -0.2) is 0 Å². The minimum atomic E-state index is 1.18. The van der Waals surface area contributed by atoms with Crippen molar-refractivity contribution in [2.45, 2.75) is 66.7 Å². The molecular formula is C20H30. The van der Waals surface area contributed by atoms with Gasteiger partial charge in [-0.05, 0) is 63.1 Å². The summed E-state index contributed by atoms with van der Waals surface area (Å²) in [5.74, 6) is 0. The van der Waals surface area contributed by atoms with E-state index < -0.39 is 0 Å². The number of rotatable bonds is 3. The summed E-state index contributed by atoms with van der Waals surface area (Å²) in [6.45, 7) is 10.8. The minimum absolute atomic E-state index is 1.18. The third-order valence-corrected chi connectivity index (χ3v) is 3.75. The highest BCUT2D eigenvalue weighted by Crippen LogP contribution is 2.22. The molecule has 0 amide bonds. The van der Waals surface area contributed by atoms with Crippen LogP contribution < -0.4 is 0 Å². The Bertz CT molecular complexity index is 475. The zero-order chi connectivity index (χ0) is 15.0. The van der Waals surface area contributed by atoms with Crippen LogP contribution in [0.1, 0.15) is 63.1 Å². The van der Waals surface area contributed by atoms with E-state index in [1.165, 1.54) is 54.4 Å². The molecule has 0 aliphatic heterocycles. The molecule has 2 rings (SSSR count). The Balaban J connectivity index is 0.000000612. The molecule has 0 bridgehead atoms. The smallest absolute Gasteiger partial charge is 0.0241 e. The van der Waals surface area contributed by atoms with Gasteiger partial charge in [-0.15, -0.1) is 0 Å². The van der Waals surface area contributed by atoms with Crippen LogP contribution in [0.15, 0.2) is 41.5 Å². The summed E-state index contributed by atoms with van der Waals surface area (Å²) in [5, 5.41) is 0. The van der Waals surface area contributed by atoms with Gasteiger partial charge in [-0.3, -0.25) is 0 Å². The molecule has 0 aromatic heterocycles. The van der Waals surface area contributed by atoms with Gasteiger partial charge >= 0.3 is 0 Å². The fourth-order valence-electron chi connectivity index (χ4n) is 2.26. The van der Waals surface area contributed by atoms with Crippen molar-refractivity contribution in [3.8, 4) is 0 Å². The third kappa shape index (κ3) is 5.77. The maximum absolute atomic E-state index is 2.33. The Kier molecular flexibility index (Phi) is 7.36. The lowest BCUT2D eigenvalue weighted by molar-refractivity contribution is 0.816. The van der Waals surface area contributed by atoms with E-state index in [4.69, 9.17) is 0 Å². The van der Waals surface area contributed by atoms with E-state index >= 15 is 0 Å². The van der Waals surface area contributed by atoms with Crippen LogP contribution in [0.4, 0.5) is 0 Å². The Labute approximate surface area is 125 Å². The van der Waals surface area contributed by atoms with E-state index in [9.17, 15) is 0 Å². The Hall–Kier alpha value is -1.30. The first-order valence-corrected chi connectivity index (χ1v) is 7.98. The highest BCUT2D eigenvalue weighted by Gasteiger charge is 2.04. The maximum Gasteiger partial charge on any atom is -0.0241 e. The molecule has 1 aliphatic rings. The summed E-state index contributed by atoms with van der Waals surface area (Å²) >= 11 is 0. The summed E-state index contributed by atoms with van der Waals surface area (Å²) in [6, 6.07) is 6.84. The Morgan fingerprint density at radius 3 is 2.10 bits per heavy atom. The highest BCUT2D eigenvalue weighted by molar-refractivity contribution is 5.31. The van der Waals surface area contributed by atoms with E-state index in [1.54, 1.807) is 5.57 Å². The summed E-state index contributed by atoms with van der Waals surface area (Å²) in [5.41, 5.74) is 7.40. The molecule has 0 N–H and O–H groups in total. The first-order chi connectivity index (χ1) is 9.56. The fraction of sp³-hybridized carbons (Fsp3) is 0.500. The maximum atomic E-state index is 2.33. The van der Waals surface area contributed by atoms with Crippen molar-refractivity contribution < 1.29 is 0 Å². The molecule has 0 heteroatoms. The van der Waals surface area contributed by atoms with Crippen molar-refractivity contribution >= 4 is 0 Å². The molecule has 0 radical (unpaired) electrons. The van der Waals surface area contributed by atoms with Gasteiger partial charge in [0.15, 0.2) is 0 Å². The van der Waals surface area contributed by atoms with Crippen LogP contribution >= 0.6 is 0 Å². The van der Waals surface area contributed by atoms with Gasteiger partial charge in [0.1, 0.15) is 0 Å². The SMILES string of the molecule is CC1=CC=C(CCc2ccc(C)c(C)c2)CC1.CCC. The van der Waals surface area contributed by atoms with Crippen LogP contribution in [0.3, 0.4) is 0 Å². The molecule has 0 spiro atoms. The first-order valence-electron chi connectivity index (χ1n) is 7.98. The third-order valence-electron chi connectivity index (χ3n) is 3.75. The Morgan fingerprint density at radius 1 is 0.850 bits per heavy atom. The van der Waals surface area contributed by atoms with Gasteiger partial charge in [0.2, 0.25) is 0 Å². The number of benzene rings is 1. The lowest BCUT2D eigenvalue weighted by Gasteiger charge is -2.12. The summed E-state index contributed by atoms with van der Waals surface area (Å²) in [4.78, 5) is 0. The quantitative estimate of drug-likeness (QED) is 0.603. The molecular weight excluding hydrogens is 240 g/mol. The average molecular weight is 270 g/mol. The second kappa shape index (κ2) is 8.79. The summed E-state index contributed by atoms with van der Waals surface area (Å²) in [6.07, 6.45) is 10.7. The molecule has 0 nitrogen and oxygen atoms in total. The van der Waals surface area contributed by atoms with Crippen molar-refractivity contribution in [3.05, 3.63) is 58.2 Å².